The van der Waals surface area contributed by atoms with Crippen molar-refractivity contribution in [1.29, 1.82) is 0 Å². The van der Waals surface area contributed by atoms with Crippen LogP contribution in [0.4, 0.5) is 5.69 Å². The van der Waals surface area contributed by atoms with Gasteiger partial charge in [0.2, 0.25) is 0 Å². The van der Waals surface area contributed by atoms with Crippen LogP contribution in [-0.2, 0) is 11.4 Å². The summed E-state index contributed by atoms with van der Waals surface area (Å²) >= 11 is 0. The summed E-state index contributed by atoms with van der Waals surface area (Å²) in [5.74, 6) is 1.52. The number of aromatic nitrogens is 3. The monoisotopic (exact) mass is 432 g/mol. The molecule has 32 heavy (non-hydrogen) atoms. The molecule has 0 radical (unpaired) electrons. The molecule has 166 valence electrons. The second-order valence-electron chi connectivity index (χ2n) is 8.44. The van der Waals surface area contributed by atoms with E-state index in [2.05, 4.69) is 25.0 Å². The van der Waals surface area contributed by atoms with E-state index in [-0.39, 0.29) is 5.78 Å². The predicted molar refractivity (Wildman–Crippen MR) is 123 cm³/mol. The Bertz CT molecular complexity index is 1120. The largest absolute Gasteiger partial charge is 0.391 e. The Morgan fingerprint density at radius 3 is 2.75 bits per heavy atom. The number of rotatable bonds is 7. The number of hydrazine groups is 1. The Morgan fingerprint density at radius 2 is 1.97 bits per heavy atom. The van der Waals surface area contributed by atoms with Crippen molar-refractivity contribution in [3.8, 4) is 0 Å². The fourth-order valence-corrected chi connectivity index (χ4v) is 4.58. The molecule has 0 atom stereocenters. The number of hydrogen-bond acceptors (Lipinski definition) is 7. The Kier molecular flexibility index (Phi) is 5.87. The average Bonchev–Trinajstić information content (AvgIpc) is 3.46. The van der Waals surface area contributed by atoms with E-state index in [1.807, 2.05) is 41.7 Å². The fourth-order valence-electron chi connectivity index (χ4n) is 4.58. The molecule has 5 heterocycles. The lowest BCUT2D eigenvalue weighted by atomic mass is 9.95. The molecule has 8 nitrogen and oxygen atoms in total. The lowest BCUT2D eigenvalue weighted by molar-refractivity contribution is 0.0845. The first kappa shape index (κ1) is 20.7. The number of nitrogens with one attached hydrogen (secondary N) is 1. The predicted octanol–water partition coefficient (Wildman–Crippen LogP) is 3.53. The first-order chi connectivity index (χ1) is 15.7. The van der Waals surface area contributed by atoms with Gasteiger partial charge in [-0.15, -0.1) is 0 Å². The van der Waals surface area contributed by atoms with E-state index in [0.717, 1.165) is 73.5 Å². The Labute approximate surface area is 187 Å². The number of likely N-dealkylation sites (tertiary alicyclic amines) is 1. The van der Waals surface area contributed by atoms with Gasteiger partial charge >= 0.3 is 0 Å². The number of carbonyl (C=O) groups is 1. The number of pyridine rings is 2. The zero-order valence-corrected chi connectivity index (χ0v) is 18.3. The fraction of sp³-hybridized carbons (Fsp3) is 0.375. The summed E-state index contributed by atoms with van der Waals surface area (Å²) < 4.78 is 2.12. The minimum Gasteiger partial charge on any atom is -0.391 e. The van der Waals surface area contributed by atoms with Gasteiger partial charge in [-0.3, -0.25) is 9.78 Å². The summed E-state index contributed by atoms with van der Waals surface area (Å²) in [4.78, 5) is 28.8. The molecule has 0 aromatic carbocycles. The average molecular weight is 433 g/mol. The van der Waals surface area contributed by atoms with Gasteiger partial charge in [-0.1, -0.05) is 5.59 Å². The first-order valence-electron chi connectivity index (χ1n) is 11.2. The third kappa shape index (κ3) is 4.24. The molecule has 0 unspecified atom stereocenters. The SMILES string of the molecule is CC(=O)c1cn(CCCN2CCC(C3=CN(c4ccncc4)NO3)CC2)c2ncccc12. The highest BCUT2D eigenvalue weighted by Crippen LogP contribution is 2.29. The number of ketones is 1. The van der Waals surface area contributed by atoms with Gasteiger partial charge in [0, 0.05) is 48.2 Å². The summed E-state index contributed by atoms with van der Waals surface area (Å²) in [6.07, 6.45) is 12.5. The van der Waals surface area contributed by atoms with Gasteiger partial charge in [0.1, 0.15) is 11.4 Å². The van der Waals surface area contributed by atoms with Crippen molar-refractivity contribution in [3.63, 3.8) is 0 Å². The molecule has 0 bridgehead atoms. The van der Waals surface area contributed by atoms with Crippen LogP contribution < -0.4 is 10.6 Å². The van der Waals surface area contributed by atoms with Gasteiger partial charge in [-0.05, 0) is 70.1 Å². The lowest BCUT2D eigenvalue weighted by Crippen LogP contribution is -2.35. The molecule has 0 amide bonds. The molecule has 3 aromatic rings. The van der Waals surface area contributed by atoms with Crippen LogP contribution in [0.25, 0.3) is 11.0 Å². The van der Waals surface area contributed by atoms with Crippen LogP contribution in [0.1, 0.15) is 36.5 Å². The van der Waals surface area contributed by atoms with Crippen molar-refractivity contribution in [2.24, 2.45) is 5.92 Å². The number of hydrogen-bond donors (Lipinski definition) is 1. The highest BCUT2D eigenvalue weighted by Gasteiger charge is 2.27. The topological polar surface area (TPSA) is 75.5 Å². The van der Waals surface area contributed by atoms with E-state index in [9.17, 15) is 4.79 Å². The number of piperidine rings is 1. The van der Waals surface area contributed by atoms with E-state index < -0.39 is 0 Å². The maximum atomic E-state index is 12.0. The second kappa shape index (κ2) is 9.10. The smallest absolute Gasteiger partial charge is 0.162 e. The van der Waals surface area contributed by atoms with Crippen LogP contribution in [0, 0.1) is 5.92 Å². The van der Waals surface area contributed by atoms with Crippen LogP contribution in [0.2, 0.25) is 0 Å². The number of allylic oxidation sites excluding steroid dienone is 1. The molecular formula is C24H28N6O2. The van der Waals surface area contributed by atoms with Crippen molar-refractivity contribution in [2.45, 2.75) is 32.7 Å². The maximum absolute atomic E-state index is 12.0. The Hall–Kier alpha value is -3.23. The molecule has 2 aliphatic heterocycles. The first-order valence-corrected chi connectivity index (χ1v) is 11.2. The van der Waals surface area contributed by atoms with Crippen LogP contribution in [0.15, 0.2) is 61.0 Å². The second-order valence-corrected chi connectivity index (χ2v) is 8.44. The molecule has 8 heteroatoms. The summed E-state index contributed by atoms with van der Waals surface area (Å²) in [6.45, 7) is 5.63. The standard InChI is InChI=1S/C24H28N6O2/c1-18(31)22-16-29(24-21(22)4-2-9-26-24)13-3-12-28-14-7-19(8-15-28)23-17-30(27-32-23)20-5-10-25-11-6-20/h2,4-6,9-11,16-17,19,27H,3,7-8,12-15H2,1H3. The van der Waals surface area contributed by atoms with E-state index in [0.29, 0.717) is 5.92 Å². The Morgan fingerprint density at radius 1 is 1.16 bits per heavy atom. The molecular weight excluding hydrogens is 404 g/mol. The van der Waals surface area contributed by atoms with Crippen molar-refractivity contribution in [3.05, 3.63) is 66.6 Å². The van der Waals surface area contributed by atoms with Crippen LogP contribution in [-0.4, -0.2) is 44.9 Å². The number of anilines is 1. The Balaban J connectivity index is 1.13. The van der Waals surface area contributed by atoms with Crippen LogP contribution >= 0.6 is 0 Å². The van der Waals surface area contributed by atoms with E-state index in [1.54, 1.807) is 25.5 Å². The molecule has 0 aliphatic carbocycles. The maximum Gasteiger partial charge on any atom is 0.162 e. The molecule has 0 saturated carbocycles. The van der Waals surface area contributed by atoms with Gasteiger partial charge in [-0.2, -0.15) is 0 Å². The van der Waals surface area contributed by atoms with Gasteiger partial charge in [-0.25, -0.2) is 9.99 Å². The summed E-state index contributed by atoms with van der Waals surface area (Å²) in [6, 6.07) is 7.76. The van der Waals surface area contributed by atoms with Crippen LogP contribution in [0.5, 0.6) is 0 Å². The zero-order chi connectivity index (χ0) is 21.9. The minimum absolute atomic E-state index is 0.0873. The minimum atomic E-state index is 0.0873. The van der Waals surface area contributed by atoms with Crippen molar-refractivity contribution in [2.75, 3.05) is 24.6 Å². The van der Waals surface area contributed by atoms with E-state index >= 15 is 0 Å². The molecule has 1 N–H and O–H groups in total. The van der Waals surface area contributed by atoms with Gasteiger partial charge in [0.05, 0.1) is 11.9 Å². The van der Waals surface area contributed by atoms with Gasteiger partial charge in [0.15, 0.2) is 5.78 Å². The number of fused-ring (bicyclic) bond motifs is 1. The highest BCUT2D eigenvalue weighted by atomic mass is 16.7. The molecule has 2 aliphatic rings. The number of nitrogens with zero attached hydrogens (tertiary/aromatic N) is 5. The molecule has 1 saturated heterocycles. The number of Topliss-reactive ketones (excluding diaryl/α,β-unsaturated/α-hetero) is 1. The molecule has 0 spiro atoms. The van der Waals surface area contributed by atoms with Crippen molar-refractivity contribution >= 4 is 22.5 Å². The van der Waals surface area contributed by atoms with Gasteiger partial charge in [0.25, 0.3) is 0 Å². The highest BCUT2D eigenvalue weighted by molar-refractivity contribution is 6.06. The van der Waals surface area contributed by atoms with E-state index in [4.69, 9.17) is 4.84 Å². The number of carbonyl (C=O) groups excluding carboxylic acids is 1. The quantitative estimate of drug-likeness (QED) is 0.573. The normalized spacial score (nSPS) is 17.5. The summed E-state index contributed by atoms with van der Waals surface area (Å²) in [5.41, 5.74) is 5.64. The third-order valence-corrected chi connectivity index (χ3v) is 6.34. The van der Waals surface area contributed by atoms with Crippen LogP contribution in [0.3, 0.4) is 0 Å². The van der Waals surface area contributed by atoms with Gasteiger partial charge < -0.3 is 14.3 Å². The van der Waals surface area contributed by atoms with Crippen molar-refractivity contribution in [1.82, 2.24) is 25.0 Å². The number of aryl methyl sites for hydroxylation is 1. The van der Waals surface area contributed by atoms with Crippen molar-refractivity contribution < 1.29 is 9.63 Å². The third-order valence-electron chi connectivity index (χ3n) is 6.34. The molecule has 3 aromatic heterocycles. The molecule has 1 fully saturated rings. The van der Waals surface area contributed by atoms with E-state index in [1.165, 1.54) is 0 Å². The summed E-state index contributed by atoms with van der Waals surface area (Å²) in [7, 11) is 0. The summed E-state index contributed by atoms with van der Waals surface area (Å²) in [5, 5.41) is 2.84. The zero-order valence-electron chi connectivity index (χ0n) is 18.3. The molecule has 5 rings (SSSR count). The lowest BCUT2D eigenvalue weighted by Gasteiger charge is -2.31.